The number of hydrogen-bond acceptors (Lipinski definition) is 2. The zero-order chi connectivity index (χ0) is 11.1. The minimum absolute atomic E-state index is 0.0565. The van der Waals surface area contributed by atoms with Crippen LogP contribution >= 0.6 is 0 Å². The van der Waals surface area contributed by atoms with E-state index in [4.69, 9.17) is 5.11 Å². The van der Waals surface area contributed by atoms with E-state index in [9.17, 15) is 9.59 Å². The number of carbonyl (C=O) groups excluding carboxylic acids is 1. The van der Waals surface area contributed by atoms with E-state index in [1.807, 2.05) is 13.8 Å². The van der Waals surface area contributed by atoms with Gasteiger partial charge in [0, 0.05) is 19.4 Å². The Balaban J connectivity index is 3.85. The molecular weight excluding hydrogens is 182 g/mol. The van der Waals surface area contributed by atoms with Crippen LogP contribution in [-0.4, -0.2) is 23.0 Å². The van der Waals surface area contributed by atoms with E-state index in [1.54, 1.807) is 0 Å². The van der Waals surface area contributed by atoms with Crippen molar-refractivity contribution in [2.75, 3.05) is 0 Å². The number of rotatable bonds is 6. The third kappa shape index (κ3) is 6.46. The van der Waals surface area contributed by atoms with Crippen molar-refractivity contribution in [2.24, 2.45) is 5.92 Å². The second-order valence-electron chi connectivity index (χ2n) is 3.84. The van der Waals surface area contributed by atoms with Crippen LogP contribution in [0.15, 0.2) is 0 Å². The van der Waals surface area contributed by atoms with Crippen molar-refractivity contribution in [3.63, 3.8) is 0 Å². The molecular formula is C10H19NO3. The summed E-state index contributed by atoms with van der Waals surface area (Å²) >= 11 is 0. The van der Waals surface area contributed by atoms with Crippen LogP contribution in [0.3, 0.4) is 0 Å². The van der Waals surface area contributed by atoms with Crippen molar-refractivity contribution in [1.82, 2.24) is 5.32 Å². The summed E-state index contributed by atoms with van der Waals surface area (Å²) in [5.74, 6) is -0.498. The summed E-state index contributed by atoms with van der Waals surface area (Å²) in [5.41, 5.74) is 0. The van der Waals surface area contributed by atoms with Crippen LogP contribution in [0.2, 0.25) is 0 Å². The number of aliphatic carboxylic acids is 1. The van der Waals surface area contributed by atoms with Crippen LogP contribution in [0.1, 0.15) is 40.0 Å². The first-order valence-electron chi connectivity index (χ1n) is 4.92. The quantitative estimate of drug-likeness (QED) is 0.682. The molecule has 1 atom stereocenters. The van der Waals surface area contributed by atoms with Crippen molar-refractivity contribution in [3.8, 4) is 0 Å². The summed E-state index contributed by atoms with van der Waals surface area (Å²) in [6.07, 6.45) is 1.50. The summed E-state index contributed by atoms with van der Waals surface area (Å²) in [7, 11) is 0. The number of amides is 1. The molecule has 1 amide bonds. The standard InChI is InChI=1S/C10H19NO3/c1-7(2)9(11-8(3)12)5-4-6-10(13)14/h7,9H,4-6H2,1-3H3,(H,11,12)(H,13,14). The van der Waals surface area contributed by atoms with Gasteiger partial charge in [0.05, 0.1) is 0 Å². The Kier molecular flexibility index (Phi) is 5.92. The SMILES string of the molecule is CC(=O)NC(CCCC(=O)O)C(C)C. The molecule has 0 radical (unpaired) electrons. The van der Waals surface area contributed by atoms with Crippen molar-refractivity contribution in [1.29, 1.82) is 0 Å². The van der Waals surface area contributed by atoms with Crippen LogP contribution in [0.4, 0.5) is 0 Å². The highest BCUT2D eigenvalue weighted by Gasteiger charge is 2.14. The Labute approximate surface area is 84.7 Å². The van der Waals surface area contributed by atoms with Gasteiger partial charge in [-0.1, -0.05) is 13.8 Å². The Morgan fingerprint density at radius 3 is 2.29 bits per heavy atom. The van der Waals surface area contributed by atoms with Crippen LogP contribution < -0.4 is 5.32 Å². The normalized spacial score (nSPS) is 12.6. The van der Waals surface area contributed by atoms with Gasteiger partial charge < -0.3 is 10.4 Å². The first kappa shape index (κ1) is 12.9. The fraction of sp³-hybridized carbons (Fsp3) is 0.800. The molecule has 0 aromatic rings. The number of nitrogens with one attached hydrogen (secondary N) is 1. The molecule has 0 spiro atoms. The number of carbonyl (C=O) groups is 2. The van der Waals surface area contributed by atoms with Gasteiger partial charge >= 0.3 is 5.97 Å². The number of carboxylic acid groups (broad SMARTS) is 1. The van der Waals surface area contributed by atoms with Gasteiger partial charge in [0.15, 0.2) is 0 Å². The molecule has 0 heterocycles. The van der Waals surface area contributed by atoms with E-state index in [0.717, 1.165) is 6.42 Å². The molecule has 0 saturated heterocycles. The maximum Gasteiger partial charge on any atom is 0.303 e. The van der Waals surface area contributed by atoms with Crippen molar-refractivity contribution in [2.45, 2.75) is 46.1 Å². The molecule has 0 aliphatic carbocycles. The Hall–Kier alpha value is -1.06. The maximum atomic E-state index is 10.8. The first-order chi connectivity index (χ1) is 6.43. The second kappa shape index (κ2) is 6.40. The molecule has 4 heteroatoms. The highest BCUT2D eigenvalue weighted by molar-refractivity contribution is 5.73. The molecule has 4 nitrogen and oxygen atoms in total. The number of carboxylic acids is 1. The van der Waals surface area contributed by atoms with Crippen LogP contribution in [-0.2, 0) is 9.59 Å². The van der Waals surface area contributed by atoms with Crippen molar-refractivity contribution >= 4 is 11.9 Å². The molecule has 0 aliphatic rings. The highest BCUT2D eigenvalue weighted by Crippen LogP contribution is 2.10. The molecule has 0 aromatic heterocycles. The Morgan fingerprint density at radius 1 is 1.36 bits per heavy atom. The summed E-state index contributed by atoms with van der Waals surface area (Å²) < 4.78 is 0. The van der Waals surface area contributed by atoms with Gasteiger partial charge in [0.2, 0.25) is 5.91 Å². The Morgan fingerprint density at radius 2 is 1.93 bits per heavy atom. The lowest BCUT2D eigenvalue weighted by atomic mass is 9.98. The fourth-order valence-electron chi connectivity index (χ4n) is 1.31. The highest BCUT2D eigenvalue weighted by atomic mass is 16.4. The van der Waals surface area contributed by atoms with Crippen molar-refractivity contribution < 1.29 is 14.7 Å². The van der Waals surface area contributed by atoms with E-state index in [0.29, 0.717) is 12.3 Å². The van der Waals surface area contributed by atoms with Crippen LogP contribution in [0.25, 0.3) is 0 Å². The molecule has 0 saturated carbocycles. The zero-order valence-electron chi connectivity index (χ0n) is 9.04. The molecule has 0 rings (SSSR count). The van der Waals surface area contributed by atoms with Crippen LogP contribution in [0, 0.1) is 5.92 Å². The minimum Gasteiger partial charge on any atom is -0.481 e. The van der Waals surface area contributed by atoms with Crippen molar-refractivity contribution in [3.05, 3.63) is 0 Å². The zero-order valence-corrected chi connectivity index (χ0v) is 9.04. The van der Waals surface area contributed by atoms with Crippen LogP contribution in [0.5, 0.6) is 0 Å². The fourth-order valence-corrected chi connectivity index (χ4v) is 1.31. The van der Waals surface area contributed by atoms with Gasteiger partial charge in [-0.15, -0.1) is 0 Å². The van der Waals surface area contributed by atoms with E-state index < -0.39 is 5.97 Å². The van der Waals surface area contributed by atoms with Gasteiger partial charge in [-0.05, 0) is 18.8 Å². The van der Waals surface area contributed by atoms with Gasteiger partial charge in [-0.3, -0.25) is 9.59 Å². The summed E-state index contributed by atoms with van der Waals surface area (Å²) in [4.78, 5) is 21.1. The lowest BCUT2D eigenvalue weighted by molar-refractivity contribution is -0.137. The molecule has 14 heavy (non-hydrogen) atoms. The molecule has 0 bridgehead atoms. The molecule has 82 valence electrons. The van der Waals surface area contributed by atoms with Gasteiger partial charge in [0.25, 0.3) is 0 Å². The monoisotopic (exact) mass is 201 g/mol. The van der Waals surface area contributed by atoms with Gasteiger partial charge in [-0.2, -0.15) is 0 Å². The Bertz CT molecular complexity index is 202. The second-order valence-corrected chi connectivity index (χ2v) is 3.84. The van der Waals surface area contributed by atoms with E-state index in [-0.39, 0.29) is 18.4 Å². The average molecular weight is 201 g/mol. The summed E-state index contributed by atoms with van der Waals surface area (Å²) in [6.45, 7) is 5.51. The lowest BCUT2D eigenvalue weighted by Crippen LogP contribution is -2.37. The topological polar surface area (TPSA) is 66.4 Å². The molecule has 2 N–H and O–H groups in total. The molecule has 0 fully saturated rings. The van der Waals surface area contributed by atoms with Gasteiger partial charge in [0.1, 0.15) is 0 Å². The predicted octanol–water partition coefficient (Wildman–Crippen LogP) is 1.40. The average Bonchev–Trinajstić information content (AvgIpc) is 2.00. The number of hydrogen-bond donors (Lipinski definition) is 2. The molecule has 1 unspecified atom stereocenters. The summed E-state index contributed by atoms with van der Waals surface area (Å²) in [5, 5.41) is 11.3. The third-order valence-corrected chi connectivity index (χ3v) is 2.10. The van der Waals surface area contributed by atoms with E-state index >= 15 is 0 Å². The molecule has 0 aromatic carbocycles. The maximum absolute atomic E-state index is 10.8. The lowest BCUT2D eigenvalue weighted by Gasteiger charge is -2.21. The largest absolute Gasteiger partial charge is 0.481 e. The predicted molar refractivity (Wildman–Crippen MR) is 53.9 cm³/mol. The molecule has 0 aliphatic heterocycles. The third-order valence-electron chi connectivity index (χ3n) is 2.10. The van der Waals surface area contributed by atoms with E-state index in [1.165, 1.54) is 6.92 Å². The smallest absolute Gasteiger partial charge is 0.303 e. The van der Waals surface area contributed by atoms with E-state index in [2.05, 4.69) is 5.32 Å². The minimum atomic E-state index is -0.782. The summed E-state index contributed by atoms with van der Waals surface area (Å²) in [6, 6.07) is 0.0897. The van der Waals surface area contributed by atoms with Gasteiger partial charge in [-0.25, -0.2) is 0 Å². The first-order valence-corrected chi connectivity index (χ1v) is 4.92.